The van der Waals surface area contributed by atoms with Gasteiger partial charge in [-0.25, -0.2) is 9.98 Å². The molecule has 0 radical (unpaired) electrons. The van der Waals surface area contributed by atoms with Crippen LogP contribution in [0.1, 0.15) is 22.8 Å². The molecule has 1 saturated heterocycles. The smallest absolute Gasteiger partial charge is 0.280 e. The number of carbonyl (C=O) groups excluding carboxylic acids is 1. The van der Waals surface area contributed by atoms with Gasteiger partial charge in [0.2, 0.25) is 0 Å². The molecule has 0 spiro atoms. The molecule has 3 heterocycles. The van der Waals surface area contributed by atoms with Gasteiger partial charge in [0, 0.05) is 11.4 Å². The molecule has 1 fully saturated rings. The van der Waals surface area contributed by atoms with Crippen LogP contribution in [0.15, 0.2) is 69.3 Å². The minimum absolute atomic E-state index is 0.143. The van der Waals surface area contributed by atoms with Gasteiger partial charge in [-0.1, -0.05) is 12.1 Å². The average Bonchev–Trinajstić information content (AvgIpc) is 3.32. The van der Waals surface area contributed by atoms with Crippen molar-refractivity contribution in [2.75, 3.05) is 7.11 Å². The van der Waals surface area contributed by atoms with Crippen LogP contribution in [0.5, 0.6) is 5.75 Å². The summed E-state index contributed by atoms with van der Waals surface area (Å²) < 4.78 is 8.59. The Hall–Kier alpha value is -4.11. The number of ether oxygens (including phenoxy) is 1. The van der Waals surface area contributed by atoms with E-state index in [0.29, 0.717) is 32.5 Å². The summed E-state index contributed by atoms with van der Waals surface area (Å²) >= 11 is 1.28. The number of methoxy groups -OCH3 is 1. The molecule has 1 N–H and O–H groups in total. The van der Waals surface area contributed by atoms with Crippen LogP contribution >= 0.6 is 11.8 Å². The highest BCUT2D eigenvalue weighted by molar-refractivity contribution is 8.18. The molecule has 0 bridgehead atoms. The lowest BCUT2D eigenvalue weighted by Crippen LogP contribution is -2.30. The first kappa shape index (κ1) is 22.7. The van der Waals surface area contributed by atoms with Gasteiger partial charge in [-0.15, -0.1) is 0 Å². The third-order valence-electron chi connectivity index (χ3n) is 5.79. The van der Waals surface area contributed by atoms with E-state index in [0.717, 1.165) is 22.7 Å². The summed E-state index contributed by atoms with van der Waals surface area (Å²) in [5.41, 5.74) is 3.75. The second-order valence-corrected chi connectivity index (χ2v) is 9.14. The highest BCUT2D eigenvalue weighted by atomic mass is 32.2. The number of hydrogen-bond donors (Lipinski definition) is 1. The van der Waals surface area contributed by atoms with E-state index in [9.17, 15) is 9.59 Å². The predicted octanol–water partition coefficient (Wildman–Crippen LogP) is 4.33. The second-order valence-electron chi connectivity index (χ2n) is 8.11. The molecule has 9 heteroatoms. The number of amidine groups is 1. The number of aryl methyl sites for hydroxylation is 2. The molecule has 2 aromatic heterocycles. The topological polar surface area (TPSA) is 90.5 Å². The van der Waals surface area contributed by atoms with Gasteiger partial charge in [0.1, 0.15) is 11.6 Å². The molecule has 176 valence electrons. The number of amides is 1. The molecule has 0 unspecified atom stereocenters. The zero-order valence-corrected chi connectivity index (χ0v) is 20.5. The summed E-state index contributed by atoms with van der Waals surface area (Å²) in [6.07, 6.45) is 1.82. The van der Waals surface area contributed by atoms with E-state index < -0.39 is 0 Å². The van der Waals surface area contributed by atoms with Crippen molar-refractivity contribution in [3.63, 3.8) is 0 Å². The van der Waals surface area contributed by atoms with E-state index in [2.05, 4.69) is 15.3 Å². The van der Waals surface area contributed by atoms with Gasteiger partial charge in [0.15, 0.2) is 5.17 Å². The molecule has 8 nitrogen and oxygen atoms in total. The molecule has 0 atom stereocenters. The number of benzene rings is 2. The first-order chi connectivity index (χ1) is 16.9. The summed E-state index contributed by atoms with van der Waals surface area (Å²) in [7, 11) is 1.61. The molecule has 4 aromatic rings. The minimum atomic E-state index is -0.215. The molecule has 0 aliphatic carbocycles. The fraction of sp³-hybridized carbons (Fsp3) is 0.154. The van der Waals surface area contributed by atoms with Crippen molar-refractivity contribution in [2.24, 2.45) is 4.99 Å². The third-order valence-corrected chi connectivity index (χ3v) is 6.70. The summed E-state index contributed by atoms with van der Waals surface area (Å²) in [6, 6.07) is 16.5. The Bertz CT molecular complexity index is 1600. The van der Waals surface area contributed by atoms with Crippen LogP contribution in [0.25, 0.3) is 17.0 Å². The summed E-state index contributed by atoms with van der Waals surface area (Å²) in [5, 5.41) is 3.87. The summed E-state index contributed by atoms with van der Waals surface area (Å²) in [5.74, 6) is 1.10. The van der Waals surface area contributed by atoms with Crippen molar-refractivity contribution in [1.29, 1.82) is 0 Å². The number of rotatable bonds is 4. The summed E-state index contributed by atoms with van der Waals surface area (Å²) in [6.45, 7) is 5.66. The number of thioether (sulfide) groups is 1. The number of nitrogens with zero attached hydrogens (tertiary/aromatic N) is 4. The Labute approximate surface area is 205 Å². The van der Waals surface area contributed by atoms with Crippen LogP contribution in [0.3, 0.4) is 0 Å². The lowest BCUT2D eigenvalue weighted by Gasteiger charge is -2.16. The monoisotopic (exact) mass is 485 g/mol. The normalized spacial score (nSPS) is 15.8. The van der Waals surface area contributed by atoms with Crippen LogP contribution in [-0.4, -0.2) is 32.5 Å². The number of carbonyl (C=O) groups is 1. The highest BCUT2D eigenvalue weighted by Gasteiger charge is 2.25. The molecule has 1 aliphatic heterocycles. The van der Waals surface area contributed by atoms with Gasteiger partial charge in [-0.3, -0.25) is 14.3 Å². The molecular weight excluding hydrogens is 462 g/mol. The molecule has 5 rings (SSSR count). The first-order valence-corrected chi connectivity index (χ1v) is 11.8. The van der Waals surface area contributed by atoms with Gasteiger partial charge in [-0.2, -0.15) is 4.68 Å². The predicted molar refractivity (Wildman–Crippen MR) is 139 cm³/mol. The molecular formula is C26H23N5O3S. The number of aliphatic imine (C=N–C) groups is 1. The van der Waals surface area contributed by atoms with Crippen LogP contribution < -0.4 is 15.6 Å². The van der Waals surface area contributed by atoms with E-state index in [1.165, 1.54) is 11.8 Å². The lowest BCUT2D eigenvalue weighted by molar-refractivity contribution is -0.115. The average molecular weight is 486 g/mol. The Balaban J connectivity index is 1.51. The van der Waals surface area contributed by atoms with Gasteiger partial charge in [0.25, 0.3) is 11.5 Å². The second kappa shape index (κ2) is 8.92. The Morgan fingerprint density at radius 2 is 1.77 bits per heavy atom. The largest absolute Gasteiger partial charge is 0.497 e. The molecule has 35 heavy (non-hydrogen) atoms. The maximum absolute atomic E-state index is 13.3. The molecule has 1 aliphatic rings. The Morgan fingerprint density at radius 3 is 2.51 bits per heavy atom. The Morgan fingerprint density at radius 1 is 1.03 bits per heavy atom. The number of nitrogens with one attached hydrogen (secondary N) is 1. The fourth-order valence-corrected chi connectivity index (χ4v) is 4.93. The van der Waals surface area contributed by atoms with Gasteiger partial charge in [0.05, 0.1) is 28.6 Å². The van der Waals surface area contributed by atoms with Crippen LogP contribution in [-0.2, 0) is 4.79 Å². The first-order valence-electron chi connectivity index (χ1n) is 11.0. The number of hydrogen-bond acceptors (Lipinski definition) is 6. The van der Waals surface area contributed by atoms with Crippen molar-refractivity contribution >= 4 is 45.5 Å². The van der Waals surface area contributed by atoms with Gasteiger partial charge < -0.3 is 10.1 Å². The van der Waals surface area contributed by atoms with Crippen molar-refractivity contribution < 1.29 is 9.53 Å². The molecule has 0 saturated carbocycles. The van der Waals surface area contributed by atoms with Crippen molar-refractivity contribution in [2.45, 2.75) is 20.8 Å². The van der Waals surface area contributed by atoms with Crippen molar-refractivity contribution in [3.05, 3.63) is 92.6 Å². The minimum Gasteiger partial charge on any atom is -0.497 e. The van der Waals surface area contributed by atoms with E-state index in [1.54, 1.807) is 17.9 Å². The zero-order chi connectivity index (χ0) is 24.7. The number of fused-ring (bicyclic) bond motifs is 1. The van der Waals surface area contributed by atoms with E-state index >= 15 is 0 Å². The maximum atomic E-state index is 13.3. The quantitative estimate of drug-likeness (QED) is 0.435. The van der Waals surface area contributed by atoms with Gasteiger partial charge in [-0.05, 0) is 86.6 Å². The highest BCUT2D eigenvalue weighted by Crippen LogP contribution is 2.30. The number of aromatic nitrogens is 3. The zero-order valence-electron chi connectivity index (χ0n) is 19.7. The van der Waals surface area contributed by atoms with Gasteiger partial charge >= 0.3 is 0 Å². The standard InChI is InChI=1S/C26H23N5O3S/c1-15-13-18(14-23-24(32)29-26(35-23)28-19-9-11-20(34-4)12-10-19)16(2)30(15)31-17(3)27-22-8-6-5-7-21(22)25(31)33/h5-14H,1-4H3,(H,28,29,32). The molecule has 2 aromatic carbocycles. The maximum Gasteiger partial charge on any atom is 0.280 e. The molecule has 1 amide bonds. The van der Waals surface area contributed by atoms with Crippen LogP contribution in [0, 0.1) is 20.8 Å². The van der Waals surface area contributed by atoms with Crippen LogP contribution in [0.2, 0.25) is 0 Å². The van der Waals surface area contributed by atoms with E-state index in [1.807, 2.05) is 80.1 Å². The lowest BCUT2D eigenvalue weighted by atomic mass is 10.2. The fourth-order valence-electron chi connectivity index (χ4n) is 4.10. The van der Waals surface area contributed by atoms with E-state index in [-0.39, 0.29) is 11.5 Å². The van der Waals surface area contributed by atoms with Crippen molar-refractivity contribution in [3.8, 4) is 5.75 Å². The van der Waals surface area contributed by atoms with E-state index in [4.69, 9.17) is 4.74 Å². The Kier molecular flexibility index (Phi) is 5.78. The third kappa shape index (κ3) is 4.15. The van der Waals surface area contributed by atoms with Crippen LogP contribution in [0.4, 0.5) is 5.69 Å². The summed E-state index contributed by atoms with van der Waals surface area (Å²) in [4.78, 5) is 35.6. The SMILES string of the molecule is COc1ccc(N=C2NC(=O)C(=Cc3cc(C)n(-n4c(C)nc5ccccc5c4=O)c3C)S2)cc1. The van der Waals surface area contributed by atoms with Crippen molar-refractivity contribution in [1.82, 2.24) is 19.7 Å². The number of para-hydroxylation sites is 1.